The number of aliphatic hydroxyl groups excluding tert-OH is 1. The second-order valence-corrected chi connectivity index (χ2v) is 7.23. The highest BCUT2D eigenvalue weighted by molar-refractivity contribution is 5.81. The van der Waals surface area contributed by atoms with Gasteiger partial charge in [-0.3, -0.25) is 15.0 Å². The molecule has 150 valence electrons. The van der Waals surface area contributed by atoms with Gasteiger partial charge in [-0.05, 0) is 26.1 Å². The van der Waals surface area contributed by atoms with Crippen LogP contribution in [-0.4, -0.2) is 60.1 Å². The molecule has 0 saturated carbocycles. The monoisotopic (exact) mass is 383 g/mol. The third kappa shape index (κ3) is 3.83. The number of aliphatic hydroxyl groups is 1. The number of fused-ring (bicyclic) bond motifs is 1. The lowest BCUT2D eigenvalue weighted by Gasteiger charge is -2.41. The Morgan fingerprint density at radius 3 is 2.37 bits per heavy atom. The average molecular weight is 383 g/mol. The van der Waals surface area contributed by atoms with E-state index in [2.05, 4.69) is 16.1 Å². The van der Waals surface area contributed by atoms with Crippen molar-refractivity contribution in [2.24, 2.45) is 5.92 Å². The molecule has 9 heteroatoms. The van der Waals surface area contributed by atoms with Crippen molar-refractivity contribution in [3.05, 3.63) is 35.4 Å². The van der Waals surface area contributed by atoms with Gasteiger partial charge in [0, 0.05) is 5.56 Å². The molecule has 0 aromatic heterocycles. The third-order valence-electron chi connectivity index (χ3n) is 5.31. The molecule has 2 fully saturated rings. The molecule has 2 heterocycles. The molecule has 0 aliphatic carbocycles. The third-order valence-corrected chi connectivity index (χ3v) is 5.31. The lowest BCUT2D eigenvalue weighted by Crippen LogP contribution is -2.68. The maximum absolute atomic E-state index is 12.9. The Balaban J connectivity index is 1.89. The first-order valence-electron chi connectivity index (χ1n) is 9.13. The summed E-state index contributed by atoms with van der Waals surface area (Å²) in [4.78, 5) is 14.5. The number of rotatable bonds is 6. The second kappa shape index (κ2) is 8.15. The number of amides is 1. The first-order chi connectivity index (χ1) is 12.9. The van der Waals surface area contributed by atoms with Gasteiger partial charge in [-0.25, -0.2) is 19.2 Å². The van der Waals surface area contributed by atoms with Gasteiger partial charge in [-0.1, -0.05) is 31.2 Å². The number of nitrogens with zero attached hydrogens (tertiary/aromatic N) is 2. The smallest absolute Gasteiger partial charge is 0.263 e. The normalized spacial score (nSPS) is 29.9. The van der Waals surface area contributed by atoms with Gasteiger partial charge < -0.3 is 10.4 Å². The van der Waals surface area contributed by atoms with Gasteiger partial charge in [0.05, 0.1) is 30.8 Å². The molecule has 1 amide bonds. The van der Waals surface area contributed by atoms with Crippen molar-refractivity contribution in [1.82, 2.24) is 26.0 Å². The van der Waals surface area contributed by atoms with Crippen LogP contribution < -0.4 is 16.1 Å². The second-order valence-electron chi connectivity index (χ2n) is 7.23. The number of alkyl halides is 2. The molecule has 3 rings (SSSR count). The summed E-state index contributed by atoms with van der Waals surface area (Å²) in [5.74, 6) is -0.588. The summed E-state index contributed by atoms with van der Waals surface area (Å²) in [5, 5.41) is 18.0. The van der Waals surface area contributed by atoms with Crippen LogP contribution in [0.1, 0.15) is 36.9 Å². The molecule has 0 spiro atoms. The molecule has 4 N–H and O–H groups in total. The lowest BCUT2D eigenvalue weighted by atomic mass is 9.95. The molecule has 2 aliphatic rings. The van der Waals surface area contributed by atoms with E-state index in [1.54, 1.807) is 12.1 Å². The molecule has 5 unspecified atom stereocenters. The molecular formula is C18H27F2N5O2. The van der Waals surface area contributed by atoms with Crippen molar-refractivity contribution < 1.29 is 18.7 Å². The number of benzene rings is 1. The van der Waals surface area contributed by atoms with Crippen LogP contribution in [0.2, 0.25) is 0 Å². The highest BCUT2D eigenvalue weighted by atomic mass is 19.3. The van der Waals surface area contributed by atoms with E-state index in [-0.39, 0.29) is 36.6 Å². The number of halogens is 2. The van der Waals surface area contributed by atoms with Crippen molar-refractivity contribution in [2.45, 2.75) is 44.3 Å². The molecule has 5 atom stereocenters. The van der Waals surface area contributed by atoms with Crippen LogP contribution in [0, 0.1) is 5.92 Å². The topological polar surface area (TPSA) is 79.9 Å². The van der Waals surface area contributed by atoms with Crippen molar-refractivity contribution in [1.29, 1.82) is 0 Å². The molecule has 0 radical (unpaired) electrons. The summed E-state index contributed by atoms with van der Waals surface area (Å²) in [6.07, 6.45) is -2.46. The van der Waals surface area contributed by atoms with Crippen LogP contribution in [0.15, 0.2) is 24.3 Å². The van der Waals surface area contributed by atoms with Crippen molar-refractivity contribution in [3.8, 4) is 0 Å². The molecule has 2 saturated heterocycles. The van der Waals surface area contributed by atoms with Crippen LogP contribution in [0.3, 0.4) is 0 Å². The first-order valence-corrected chi connectivity index (χ1v) is 9.13. The van der Waals surface area contributed by atoms with Crippen LogP contribution in [-0.2, 0) is 4.79 Å². The van der Waals surface area contributed by atoms with Crippen molar-refractivity contribution in [3.63, 3.8) is 0 Å². The molecular weight excluding hydrogens is 356 g/mol. The lowest BCUT2D eigenvalue weighted by molar-refractivity contribution is -0.133. The standard InChI is InChI=1S/C18H27F2N5O2/c1-4-13(10-5-7-11(8-6-10)15(19)20)25-16-14(12(9-26)23-25)17(27)22-18(21-16)24(2)3/h5-8,12-16,18,21,23,26H,4,9H2,1-3H3,(H,22,27). The summed E-state index contributed by atoms with van der Waals surface area (Å²) in [5.41, 5.74) is 4.11. The number of hydrogen-bond donors (Lipinski definition) is 4. The quantitative estimate of drug-likeness (QED) is 0.581. The largest absolute Gasteiger partial charge is 0.395 e. The summed E-state index contributed by atoms with van der Waals surface area (Å²) in [6.45, 7) is 1.82. The minimum Gasteiger partial charge on any atom is -0.395 e. The number of hydrogen-bond acceptors (Lipinski definition) is 6. The fourth-order valence-electron chi connectivity index (χ4n) is 3.86. The maximum atomic E-state index is 12.9. The van der Waals surface area contributed by atoms with E-state index in [4.69, 9.17) is 0 Å². The summed E-state index contributed by atoms with van der Waals surface area (Å²) >= 11 is 0. The number of carbonyl (C=O) groups is 1. The van der Waals surface area contributed by atoms with Gasteiger partial charge in [0.1, 0.15) is 6.29 Å². The Bertz CT molecular complexity index is 658. The van der Waals surface area contributed by atoms with E-state index in [0.29, 0.717) is 6.42 Å². The van der Waals surface area contributed by atoms with Gasteiger partial charge in [0.2, 0.25) is 5.91 Å². The Morgan fingerprint density at radius 1 is 1.22 bits per heavy atom. The Morgan fingerprint density at radius 2 is 1.85 bits per heavy atom. The van der Waals surface area contributed by atoms with Crippen LogP contribution >= 0.6 is 0 Å². The SMILES string of the molecule is CCC(c1ccc(C(F)F)cc1)N1NC(CO)C2C(=O)NC(N(C)C)NC21. The van der Waals surface area contributed by atoms with E-state index in [0.717, 1.165) is 5.56 Å². The first kappa shape index (κ1) is 20.1. The van der Waals surface area contributed by atoms with Crippen molar-refractivity contribution >= 4 is 5.91 Å². The summed E-state index contributed by atoms with van der Waals surface area (Å²) in [7, 11) is 3.71. The van der Waals surface area contributed by atoms with Crippen LogP contribution in [0.4, 0.5) is 8.78 Å². The van der Waals surface area contributed by atoms with E-state index < -0.39 is 18.4 Å². The Hall–Kier alpha value is -1.65. The van der Waals surface area contributed by atoms with Gasteiger partial charge >= 0.3 is 0 Å². The van der Waals surface area contributed by atoms with Crippen LogP contribution in [0.25, 0.3) is 0 Å². The van der Waals surface area contributed by atoms with E-state index in [9.17, 15) is 18.7 Å². The molecule has 1 aromatic rings. The summed E-state index contributed by atoms with van der Waals surface area (Å²) < 4.78 is 25.7. The zero-order valence-electron chi connectivity index (χ0n) is 15.7. The molecule has 1 aromatic carbocycles. The van der Waals surface area contributed by atoms with E-state index >= 15 is 0 Å². The summed E-state index contributed by atoms with van der Waals surface area (Å²) in [6, 6.07) is 5.71. The Labute approximate surface area is 157 Å². The average Bonchev–Trinajstić information content (AvgIpc) is 3.02. The zero-order valence-corrected chi connectivity index (χ0v) is 15.7. The van der Waals surface area contributed by atoms with Gasteiger partial charge in [0.25, 0.3) is 6.43 Å². The zero-order chi connectivity index (χ0) is 19.7. The molecule has 27 heavy (non-hydrogen) atoms. The number of hydrazine groups is 1. The van der Waals surface area contributed by atoms with Gasteiger partial charge in [-0.2, -0.15) is 0 Å². The van der Waals surface area contributed by atoms with Crippen LogP contribution in [0.5, 0.6) is 0 Å². The van der Waals surface area contributed by atoms with E-state index in [1.807, 2.05) is 30.9 Å². The maximum Gasteiger partial charge on any atom is 0.263 e. The predicted molar refractivity (Wildman–Crippen MR) is 96.3 cm³/mol. The minimum absolute atomic E-state index is 0.0167. The molecule has 7 nitrogen and oxygen atoms in total. The highest BCUT2D eigenvalue weighted by Gasteiger charge is 2.51. The van der Waals surface area contributed by atoms with Gasteiger partial charge in [-0.15, -0.1) is 0 Å². The highest BCUT2D eigenvalue weighted by Crippen LogP contribution is 2.34. The predicted octanol–water partition coefficient (Wildman–Crippen LogP) is 0.763. The van der Waals surface area contributed by atoms with Crippen molar-refractivity contribution in [2.75, 3.05) is 20.7 Å². The number of nitrogens with one attached hydrogen (secondary N) is 3. The number of carbonyl (C=O) groups excluding carboxylic acids is 1. The van der Waals surface area contributed by atoms with E-state index in [1.165, 1.54) is 12.1 Å². The minimum atomic E-state index is -2.50. The molecule has 0 bridgehead atoms. The molecule has 2 aliphatic heterocycles. The van der Waals surface area contributed by atoms with Gasteiger partial charge in [0.15, 0.2) is 0 Å². The fourth-order valence-corrected chi connectivity index (χ4v) is 3.86. The fraction of sp³-hybridized carbons (Fsp3) is 0.611. The Kier molecular flexibility index (Phi) is 6.07.